The molecule has 0 saturated heterocycles. The van der Waals surface area contributed by atoms with Gasteiger partial charge in [-0.2, -0.15) is 0 Å². The van der Waals surface area contributed by atoms with Crippen LogP contribution >= 0.6 is 0 Å². The smallest absolute Gasteiger partial charge is 0.166 e. The fraction of sp³-hybridized carbons (Fsp3) is 0.429. The lowest BCUT2D eigenvalue weighted by atomic mass is 10.0. The van der Waals surface area contributed by atoms with Crippen LogP contribution < -0.4 is 0 Å². The van der Waals surface area contributed by atoms with E-state index < -0.39 is 0 Å². The van der Waals surface area contributed by atoms with Crippen molar-refractivity contribution in [2.24, 2.45) is 5.92 Å². The van der Waals surface area contributed by atoms with Gasteiger partial charge in [-0.3, -0.25) is 9.59 Å². The van der Waals surface area contributed by atoms with Crippen molar-refractivity contribution in [3.05, 3.63) is 36.0 Å². The van der Waals surface area contributed by atoms with Gasteiger partial charge in [0, 0.05) is 18.4 Å². The van der Waals surface area contributed by atoms with Gasteiger partial charge in [0.15, 0.2) is 11.6 Å². The number of carbonyl (C=O) groups is 2. The summed E-state index contributed by atoms with van der Waals surface area (Å²) < 4.78 is 0. The SMILES string of the molecule is CC(C)CCC(=O)C=CC1=CC=CCC1=O. The molecule has 0 fully saturated rings. The Kier molecular flexibility index (Phi) is 4.90. The quantitative estimate of drug-likeness (QED) is 0.665. The Morgan fingerprint density at radius 1 is 1.50 bits per heavy atom. The number of ketones is 2. The number of allylic oxidation sites excluding steroid dienone is 6. The molecule has 16 heavy (non-hydrogen) atoms. The second-order valence-corrected chi connectivity index (χ2v) is 4.41. The maximum absolute atomic E-state index is 11.5. The van der Waals surface area contributed by atoms with Crippen LogP contribution in [-0.2, 0) is 9.59 Å². The van der Waals surface area contributed by atoms with Crippen LogP contribution in [0.2, 0.25) is 0 Å². The van der Waals surface area contributed by atoms with Gasteiger partial charge in [-0.15, -0.1) is 0 Å². The highest BCUT2D eigenvalue weighted by Crippen LogP contribution is 2.10. The lowest BCUT2D eigenvalue weighted by Gasteiger charge is -2.03. The first-order valence-electron chi connectivity index (χ1n) is 5.70. The van der Waals surface area contributed by atoms with Crippen LogP contribution in [0.25, 0.3) is 0 Å². The molecule has 0 aliphatic heterocycles. The second-order valence-electron chi connectivity index (χ2n) is 4.41. The highest BCUT2D eigenvalue weighted by molar-refractivity contribution is 6.02. The van der Waals surface area contributed by atoms with Gasteiger partial charge >= 0.3 is 0 Å². The van der Waals surface area contributed by atoms with Crippen molar-refractivity contribution >= 4 is 11.6 Å². The molecule has 0 heterocycles. The third kappa shape index (κ3) is 4.39. The zero-order chi connectivity index (χ0) is 12.0. The van der Waals surface area contributed by atoms with E-state index >= 15 is 0 Å². The minimum Gasteiger partial charge on any atom is -0.295 e. The monoisotopic (exact) mass is 218 g/mol. The van der Waals surface area contributed by atoms with Gasteiger partial charge in [0.2, 0.25) is 0 Å². The van der Waals surface area contributed by atoms with Crippen molar-refractivity contribution in [2.45, 2.75) is 33.1 Å². The first-order valence-corrected chi connectivity index (χ1v) is 5.70. The van der Waals surface area contributed by atoms with Gasteiger partial charge < -0.3 is 0 Å². The zero-order valence-electron chi connectivity index (χ0n) is 9.90. The van der Waals surface area contributed by atoms with E-state index in [1.807, 2.05) is 12.2 Å². The van der Waals surface area contributed by atoms with E-state index in [9.17, 15) is 9.59 Å². The number of carbonyl (C=O) groups excluding carboxylic acids is 2. The van der Waals surface area contributed by atoms with E-state index in [4.69, 9.17) is 0 Å². The van der Waals surface area contributed by atoms with Crippen molar-refractivity contribution < 1.29 is 9.59 Å². The Morgan fingerprint density at radius 2 is 2.25 bits per heavy atom. The average Bonchev–Trinajstić information content (AvgIpc) is 2.25. The van der Waals surface area contributed by atoms with E-state index in [2.05, 4.69) is 13.8 Å². The minimum atomic E-state index is 0.0791. The molecule has 0 N–H and O–H groups in total. The molecule has 0 bridgehead atoms. The van der Waals surface area contributed by atoms with Crippen molar-refractivity contribution in [1.82, 2.24) is 0 Å². The molecule has 0 atom stereocenters. The molecule has 1 aliphatic rings. The normalized spacial score (nSPS) is 15.9. The molecule has 0 unspecified atom stereocenters. The maximum Gasteiger partial charge on any atom is 0.166 e. The average molecular weight is 218 g/mol. The summed E-state index contributed by atoms with van der Waals surface area (Å²) >= 11 is 0. The Hall–Kier alpha value is -1.44. The molecule has 0 aromatic rings. The topological polar surface area (TPSA) is 34.1 Å². The van der Waals surface area contributed by atoms with Gasteiger partial charge in [-0.1, -0.05) is 32.1 Å². The highest BCUT2D eigenvalue weighted by Gasteiger charge is 2.07. The van der Waals surface area contributed by atoms with Crippen LogP contribution in [0, 0.1) is 5.92 Å². The molecular weight excluding hydrogens is 200 g/mol. The van der Waals surface area contributed by atoms with E-state index in [0.717, 1.165) is 6.42 Å². The van der Waals surface area contributed by atoms with Crippen molar-refractivity contribution in [3.8, 4) is 0 Å². The van der Waals surface area contributed by atoms with Gasteiger partial charge in [0.1, 0.15) is 0 Å². The fourth-order valence-electron chi connectivity index (χ4n) is 1.40. The molecule has 0 saturated carbocycles. The molecule has 0 amide bonds. The first kappa shape index (κ1) is 12.6. The lowest BCUT2D eigenvalue weighted by Crippen LogP contribution is -2.02. The summed E-state index contributed by atoms with van der Waals surface area (Å²) in [6.07, 6.45) is 10.5. The third-order valence-corrected chi connectivity index (χ3v) is 2.45. The summed E-state index contributed by atoms with van der Waals surface area (Å²) in [7, 11) is 0. The highest BCUT2D eigenvalue weighted by atomic mass is 16.1. The Labute approximate surface area is 96.7 Å². The molecule has 2 nitrogen and oxygen atoms in total. The molecule has 1 rings (SSSR count). The summed E-state index contributed by atoms with van der Waals surface area (Å²) in [6.45, 7) is 4.18. The summed E-state index contributed by atoms with van der Waals surface area (Å²) in [6, 6.07) is 0. The second kappa shape index (κ2) is 6.21. The summed E-state index contributed by atoms with van der Waals surface area (Å²) in [5.41, 5.74) is 0.625. The Balaban J connectivity index is 2.47. The molecule has 0 radical (unpaired) electrons. The van der Waals surface area contributed by atoms with Gasteiger partial charge in [-0.25, -0.2) is 0 Å². The molecule has 86 valence electrons. The van der Waals surface area contributed by atoms with Gasteiger partial charge in [0.25, 0.3) is 0 Å². The minimum absolute atomic E-state index is 0.0791. The summed E-state index contributed by atoms with van der Waals surface area (Å²) in [5, 5.41) is 0. The predicted molar refractivity (Wildman–Crippen MR) is 65.1 cm³/mol. The fourth-order valence-corrected chi connectivity index (χ4v) is 1.40. The van der Waals surface area contributed by atoms with Crippen LogP contribution in [0.1, 0.15) is 33.1 Å². The van der Waals surface area contributed by atoms with Gasteiger partial charge in [0.05, 0.1) is 0 Å². The van der Waals surface area contributed by atoms with E-state index in [0.29, 0.717) is 24.3 Å². The van der Waals surface area contributed by atoms with E-state index in [-0.39, 0.29) is 11.6 Å². The lowest BCUT2D eigenvalue weighted by molar-refractivity contribution is -0.115. The number of hydrogen-bond donors (Lipinski definition) is 0. The molecular formula is C14H18O2. The standard InChI is InChI=1S/C14H18O2/c1-11(2)7-9-13(15)10-8-12-5-3-4-6-14(12)16/h3-5,8,10-11H,6-7,9H2,1-2H3. The zero-order valence-corrected chi connectivity index (χ0v) is 9.90. The van der Waals surface area contributed by atoms with Crippen LogP contribution in [-0.4, -0.2) is 11.6 Å². The van der Waals surface area contributed by atoms with Gasteiger partial charge in [-0.05, 0) is 24.5 Å². The number of rotatable bonds is 5. The van der Waals surface area contributed by atoms with Crippen LogP contribution in [0.15, 0.2) is 36.0 Å². The van der Waals surface area contributed by atoms with Crippen molar-refractivity contribution in [3.63, 3.8) is 0 Å². The van der Waals surface area contributed by atoms with Crippen molar-refractivity contribution in [2.75, 3.05) is 0 Å². The molecule has 0 spiro atoms. The molecule has 0 aromatic heterocycles. The maximum atomic E-state index is 11.5. The van der Waals surface area contributed by atoms with E-state index in [1.54, 1.807) is 12.2 Å². The molecule has 1 aliphatic carbocycles. The molecule has 0 aromatic carbocycles. The summed E-state index contributed by atoms with van der Waals surface area (Å²) in [4.78, 5) is 22.8. The predicted octanol–water partition coefficient (Wildman–Crippen LogP) is 3.00. The van der Waals surface area contributed by atoms with Crippen LogP contribution in [0.3, 0.4) is 0 Å². The van der Waals surface area contributed by atoms with Crippen molar-refractivity contribution in [1.29, 1.82) is 0 Å². The third-order valence-electron chi connectivity index (χ3n) is 2.45. The first-order chi connectivity index (χ1) is 7.59. The molecule has 2 heteroatoms. The number of Topliss-reactive ketones (excluding diaryl/α,β-unsaturated/α-hetero) is 1. The van der Waals surface area contributed by atoms with Crippen LogP contribution in [0.4, 0.5) is 0 Å². The largest absolute Gasteiger partial charge is 0.295 e. The van der Waals surface area contributed by atoms with E-state index in [1.165, 1.54) is 6.08 Å². The Bertz CT molecular complexity index is 357. The number of hydrogen-bond acceptors (Lipinski definition) is 2. The Morgan fingerprint density at radius 3 is 2.88 bits per heavy atom. The summed E-state index contributed by atoms with van der Waals surface area (Å²) in [5.74, 6) is 0.711. The van der Waals surface area contributed by atoms with Crippen LogP contribution in [0.5, 0.6) is 0 Å².